The highest BCUT2D eigenvalue weighted by molar-refractivity contribution is 5.97. The van der Waals surface area contributed by atoms with E-state index in [0.717, 1.165) is 0 Å². The normalized spacial score (nSPS) is 37.4. The zero-order chi connectivity index (χ0) is 15.5. The zero-order valence-corrected chi connectivity index (χ0v) is 11.9. The maximum absolute atomic E-state index is 12.5. The predicted octanol–water partition coefficient (Wildman–Crippen LogP) is 0.876. The molecule has 3 heterocycles. The predicted molar refractivity (Wildman–Crippen MR) is 73.6 cm³/mol. The second kappa shape index (κ2) is 4.31. The van der Waals surface area contributed by atoms with Crippen LogP contribution in [0.5, 0.6) is 0 Å². The third kappa shape index (κ3) is 1.63. The van der Waals surface area contributed by atoms with Crippen LogP contribution < -0.4 is 0 Å². The van der Waals surface area contributed by atoms with Crippen LogP contribution in [0.2, 0.25) is 0 Å². The van der Waals surface area contributed by atoms with Gasteiger partial charge in [-0.15, -0.1) is 0 Å². The topological polar surface area (TPSA) is 79.4 Å². The van der Waals surface area contributed by atoms with Crippen LogP contribution in [0.15, 0.2) is 30.3 Å². The minimum atomic E-state index is -1.26. The highest BCUT2D eigenvalue weighted by atomic mass is 16.6. The van der Waals surface area contributed by atoms with Crippen molar-refractivity contribution in [1.82, 2.24) is 4.90 Å². The van der Waals surface area contributed by atoms with Gasteiger partial charge in [0.1, 0.15) is 12.2 Å². The van der Waals surface area contributed by atoms with Gasteiger partial charge in [0, 0.05) is 18.9 Å². The van der Waals surface area contributed by atoms with Crippen molar-refractivity contribution in [3.63, 3.8) is 0 Å². The average molecular weight is 298 g/mol. The van der Waals surface area contributed by atoms with Crippen LogP contribution in [0.1, 0.15) is 23.7 Å². The third-order valence-corrected chi connectivity index (χ3v) is 4.65. The van der Waals surface area contributed by atoms with Gasteiger partial charge in [0.25, 0.3) is 5.91 Å². The standard InChI is InChI=1S/C16H14N2O4/c1-9(19)22-16(8-17)7-11-12-13(14(16)21-11)18(12)15(20)10-5-3-2-4-6-10/h2-6,11-14H,7H2,1H3/t11-,12-,13-,14-,16+,18?/m1/s1. The number of carbonyl (C=O) groups is 2. The summed E-state index contributed by atoms with van der Waals surface area (Å²) in [5.41, 5.74) is -0.644. The molecule has 3 fully saturated rings. The van der Waals surface area contributed by atoms with Gasteiger partial charge in [-0.3, -0.25) is 9.59 Å². The molecule has 3 aliphatic rings. The maximum Gasteiger partial charge on any atom is 0.304 e. The van der Waals surface area contributed by atoms with E-state index in [1.165, 1.54) is 6.92 Å². The number of ether oxygens (including phenoxy) is 2. The first kappa shape index (κ1) is 13.3. The van der Waals surface area contributed by atoms with Crippen LogP contribution >= 0.6 is 0 Å². The van der Waals surface area contributed by atoms with Gasteiger partial charge in [0.2, 0.25) is 5.60 Å². The molecule has 4 rings (SSSR count). The summed E-state index contributed by atoms with van der Waals surface area (Å²) >= 11 is 0. The van der Waals surface area contributed by atoms with E-state index < -0.39 is 17.7 Å². The quantitative estimate of drug-likeness (QED) is 0.598. The highest BCUT2D eigenvalue weighted by Gasteiger charge is 2.76. The number of fused-ring (bicyclic) bond motifs is 5. The molecule has 0 N–H and O–H groups in total. The average Bonchev–Trinajstić information content (AvgIpc) is 3.02. The fraction of sp³-hybridized carbons (Fsp3) is 0.438. The van der Waals surface area contributed by atoms with Crippen molar-refractivity contribution >= 4 is 11.9 Å². The Labute approximate surface area is 127 Å². The summed E-state index contributed by atoms with van der Waals surface area (Å²) in [5, 5.41) is 9.46. The van der Waals surface area contributed by atoms with Gasteiger partial charge < -0.3 is 14.4 Å². The van der Waals surface area contributed by atoms with Gasteiger partial charge in [-0.05, 0) is 12.1 Å². The first-order chi connectivity index (χ1) is 10.6. The van der Waals surface area contributed by atoms with Crippen molar-refractivity contribution < 1.29 is 19.1 Å². The summed E-state index contributed by atoms with van der Waals surface area (Å²) in [7, 11) is 0. The second-order valence-electron chi connectivity index (χ2n) is 5.95. The molecule has 112 valence electrons. The second-order valence-corrected chi connectivity index (χ2v) is 5.95. The number of likely N-dealkylation sites (tertiary alicyclic amines) is 1. The Bertz CT molecular complexity index is 698. The summed E-state index contributed by atoms with van der Waals surface area (Å²) in [6.45, 7) is 1.28. The van der Waals surface area contributed by atoms with Crippen molar-refractivity contribution in [2.75, 3.05) is 0 Å². The zero-order valence-electron chi connectivity index (χ0n) is 11.9. The number of amides is 1. The van der Waals surface area contributed by atoms with E-state index in [9.17, 15) is 14.9 Å². The minimum absolute atomic E-state index is 0.00487. The number of rotatable bonds is 2. The first-order valence-corrected chi connectivity index (χ1v) is 7.21. The Kier molecular flexibility index (Phi) is 2.60. The molecular weight excluding hydrogens is 284 g/mol. The van der Waals surface area contributed by atoms with Crippen molar-refractivity contribution in [1.29, 1.82) is 5.26 Å². The summed E-state index contributed by atoms with van der Waals surface area (Å²) in [4.78, 5) is 25.6. The van der Waals surface area contributed by atoms with Crippen molar-refractivity contribution in [2.24, 2.45) is 0 Å². The molecule has 0 saturated carbocycles. The summed E-state index contributed by atoms with van der Waals surface area (Å²) < 4.78 is 11.0. The summed E-state index contributed by atoms with van der Waals surface area (Å²) in [6.07, 6.45) is -0.459. The fourth-order valence-electron chi connectivity index (χ4n) is 3.80. The van der Waals surface area contributed by atoms with Crippen LogP contribution in [0.4, 0.5) is 0 Å². The molecule has 22 heavy (non-hydrogen) atoms. The van der Waals surface area contributed by atoms with Crippen LogP contribution in [-0.4, -0.2) is 46.7 Å². The molecule has 0 radical (unpaired) electrons. The first-order valence-electron chi connectivity index (χ1n) is 7.21. The van der Waals surface area contributed by atoms with Crippen LogP contribution in [0.25, 0.3) is 0 Å². The lowest BCUT2D eigenvalue weighted by Gasteiger charge is -2.26. The maximum atomic E-state index is 12.5. The number of nitriles is 1. The Morgan fingerprint density at radius 3 is 2.73 bits per heavy atom. The highest BCUT2D eigenvalue weighted by Crippen LogP contribution is 2.56. The molecular formula is C16H14N2O4. The van der Waals surface area contributed by atoms with Crippen LogP contribution in [0, 0.1) is 11.3 Å². The molecule has 6 heteroatoms. The molecule has 1 aromatic carbocycles. The lowest BCUT2D eigenvalue weighted by molar-refractivity contribution is -0.156. The van der Waals surface area contributed by atoms with E-state index in [0.29, 0.717) is 12.0 Å². The molecule has 0 aromatic heterocycles. The third-order valence-electron chi connectivity index (χ3n) is 4.65. The number of hydrogen-bond donors (Lipinski definition) is 0. The van der Waals surface area contributed by atoms with Crippen molar-refractivity contribution in [3.8, 4) is 6.07 Å². The molecule has 5 atom stereocenters. The lowest BCUT2D eigenvalue weighted by atomic mass is 9.86. The minimum Gasteiger partial charge on any atom is -0.441 e. The van der Waals surface area contributed by atoms with Gasteiger partial charge in [-0.2, -0.15) is 5.26 Å². The van der Waals surface area contributed by atoms with E-state index in [1.807, 2.05) is 18.2 Å². The largest absolute Gasteiger partial charge is 0.441 e. The number of benzene rings is 1. The molecule has 0 spiro atoms. The van der Waals surface area contributed by atoms with Gasteiger partial charge >= 0.3 is 5.97 Å². The molecule has 3 saturated heterocycles. The van der Waals surface area contributed by atoms with E-state index in [2.05, 4.69) is 6.07 Å². The summed E-state index contributed by atoms with van der Waals surface area (Å²) in [6, 6.07) is 10.9. The molecule has 3 aliphatic heterocycles. The number of carbonyl (C=O) groups excluding carboxylic acids is 2. The van der Waals surface area contributed by atoms with Gasteiger partial charge in [-0.1, -0.05) is 18.2 Å². The molecule has 0 unspecified atom stereocenters. The van der Waals surface area contributed by atoms with Crippen molar-refractivity contribution in [2.45, 2.75) is 43.2 Å². The van der Waals surface area contributed by atoms with Crippen LogP contribution in [0.3, 0.4) is 0 Å². The SMILES string of the molecule is CC(=O)O[C@]1(C#N)C[C@H]2O[C@@H]1[C@H]1[C@@H]2N1C(=O)c1ccccc1. The Hall–Kier alpha value is -2.39. The lowest BCUT2D eigenvalue weighted by Crippen LogP contribution is -2.46. The monoisotopic (exact) mass is 298 g/mol. The van der Waals surface area contributed by atoms with Gasteiger partial charge in [-0.25, -0.2) is 0 Å². The smallest absolute Gasteiger partial charge is 0.304 e. The fourth-order valence-corrected chi connectivity index (χ4v) is 3.80. The Morgan fingerprint density at radius 1 is 1.36 bits per heavy atom. The Morgan fingerprint density at radius 2 is 2.09 bits per heavy atom. The molecule has 1 amide bonds. The van der Waals surface area contributed by atoms with E-state index >= 15 is 0 Å². The van der Waals surface area contributed by atoms with Crippen molar-refractivity contribution in [3.05, 3.63) is 35.9 Å². The Balaban J connectivity index is 1.58. The molecule has 2 bridgehead atoms. The van der Waals surface area contributed by atoms with Crippen LogP contribution in [-0.2, 0) is 14.3 Å². The number of hydrogen-bond acceptors (Lipinski definition) is 5. The summed E-state index contributed by atoms with van der Waals surface area (Å²) in [5.74, 6) is -0.568. The van der Waals surface area contributed by atoms with E-state index in [1.54, 1.807) is 17.0 Å². The van der Waals surface area contributed by atoms with Gasteiger partial charge in [0.05, 0.1) is 18.2 Å². The van der Waals surface area contributed by atoms with E-state index in [4.69, 9.17) is 9.47 Å². The molecule has 1 aromatic rings. The number of esters is 1. The number of morpholine rings is 1. The molecule has 6 nitrogen and oxygen atoms in total. The molecule has 0 aliphatic carbocycles. The number of nitrogens with zero attached hydrogens (tertiary/aromatic N) is 2. The van der Waals surface area contributed by atoms with Gasteiger partial charge in [0.15, 0.2) is 0 Å². The van der Waals surface area contributed by atoms with E-state index in [-0.39, 0.29) is 24.1 Å².